The zero-order valence-corrected chi connectivity index (χ0v) is 8.91. The molecule has 0 saturated carbocycles. The van der Waals surface area contributed by atoms with E-state index in [1.54, 1.807) is 25.1 Å². The quantitative estimate of drug-likeness (QED) is 0.770. The summed E-state index contributed by atoms with van der Waals surface area (Å²) in [7, 11) is -3.76. The van der Waals surface area contributed by atoms with Gasteiger partial charge in [-0.1, -0.05) is 17.0 Å². The molecule has 0 saturated heterocycles. The molecule has 0 aromatic heterocycles. The molecule has 1 N–H and O–H groups in total. The van der Waals surface area contributed by atoms with Crippen molar-refractivity contribution in [1.82, 2.24) is 4.89 Å². The molecule has 0 fully saturated rings. The van der Waals surface area contributed by atoms with Gasteiger partial charge in [0.2, 0.25) is 0 Å². The number of nitrogens with zero attached hydrogens (tertiary/aromatic N) is 1. The third kappa shape index (κ3) is 2.76. The average Bonchev–Trinajstić information content (AvgIpc) is 2.26. The second-order valence-electron chi connectivity index (χ2n) is 2.63. The first kappa shape index (κ1) is 11.7. The lowest BCUT2D eigenvalue weighted by Gasteiger charge is -2.06. The molecule has 80 valence electrons. The largest absolute Gasteiger partial charge is 0.287 e. The first-order valence-electron chi connectivity index (χ1n) is 4.24. The van der Waals surface area contributed by atoms with Crippen molar-refractivity contribution in [2.75, 3.05) is 6.61 Å². The topological polar surface area (TPSA) is 79.2 Å². The van der Waals surface area contributed by atoms with Crippen molar-refractivity contribution in [1.29, 1.82) is 5.26 Å². The molecule has 1 aromatic rings. The first-order chi connectivity index (χ1) is 7.11. The van der Waals surface area contributed by atoms with Gasteiger partial charge in [-0.05, 0) is 19.1 Å². The van der Waals surface area contributed by atoms with Crippen molar-refractivity contribution < 1.29 is 13.3 Å². The van der Waals surface area contributed by atoms with Crippen molar-refractivity contribution in [3.05, 3.63) is 29.8 Å². The molecule has 0 aliphatic heterocycles. The maximum atomic E-state index is 11.6. The van der Waals surface area contributed by atoms with Gasteiger partial charge in [-0.15, -0.1) is 0 Å². The van der Waals surface area contributed by atoms with Crippen LogP contribution in [0.1, 0.15) is 12.5 Å². The minimum atomic E-state index is -3.76. The van der Waals surface area contributed by atoms with Crippen LogP contribution in [0.15, 0.2) is 29.2 Å². The Balaban J connectivity index is 3.11. The third-order valence-corrected chi connectivity index (χ3v) is 2.88. The maximum Gasteiger partial charge on any atom is 0.263 e. The van der Waals surface area contributed by atoms with Crippen molar-refractivity contribution in [3.63, 3.8) is 0 Å². The number of benzene rings is 1. The summed E-state index contributed by atoms with van der Waals surface area (Å²) in [6.45, 7) is 1.87. The normalized spacial score (nSPS) is 10.9. The number of sulfonamides is 1. The summed E-state index contributed by atoms with van der Waals surface area (Å²) in [6, 6.07) is 7.72. The van der Waals surface area contributed by atoms with Crippen LogP contribution in [-0.2, 0) is 14.9 Å². The van der Waals surface area contributed by atoms with Gasteiger partial charge in [0, 0.05) is 0 Å². The van der Waals surface area contributed by atoms with Gasteiger partial charge < -0.3 is 0 Å². The van der Waals surface area contributed by atoms with Crippen LogP contribution in [0.2, 0.25) is 0 Å². The standard InChI is InChI=1S/C9H10N2O3S/c1-2-14-11-15(12,13)9-6-4-3-5-8(9)7-10/h3-6,11H,2H2,1H3. The van der Waals surface area contributed by atoms with Gasteiger partial charge in [-0.2, -0.15) is 5.26 Å². The van der Waals surface area contributed by atoms with E-state index in [1.165, 1.54) is 12.1 Å². The molecule has 0 atom stereocenters. The van der Waals surface area contributed by atoms with Crippen molar-refractivity contribution >= 4 is 10.0 Å². The van der Waals surface area contributed by atoms with Gasteiger partial charge >= 0.3 is 0 Å². The Kier molecular flexibility index (Phi) is 3.80. The maximum absolute atomic E-state index is 11.6. The van der Waals surface area contributed by atoms with E-state index in [9.17, 15) is 8.42 Å². The summed E-state index contributed by atoms with van der Waals surface area (Å²) in [6.07, 6.45) is 0. The molecule has 1 rings (SSSR count). The minimum Gasteiger partial charge on any atom is -0.287 e. The van der Waals surface area contributed by atoms with Gasteiger partial charge in [0.15, 0.2) is 0 Å². The Labute approximate surface area is 88.3 Å². The Morgan fingerprint density at radius 1 is 1.47 bits per heavy atom. The molecule has 6 heteroatoms. The van der Waals surface area contributed by atoms with Gasteiger partial charge in [-0.25, -0.2) is 8.42 Å². The summed E-state index contributed by atoms with van der Waals surface area (Å²) in [4.78, 5) is 6.44. The van der Waals surface area contributed by atoms with Crippen LogP contribution in [0.25, 0.3) is 0 Å². The van der Waals surface area contributed by atoms with E-state index in [-0.39, 0.29) is 17.1 Å². The molecular weight excluding hydrogens is 216 g/mol. The highest BCUT2D eigenvalue weighted by molar-refractivity contribution is 7.89. The highest BCUT2D eigenvalue weighted by Crippen LogP contribution is 2.13. The molecule has 0 radical (unpaired) electrons. The fraction of sp³-hybridized carbons (Fsp3) is 0.222. The second-order valence-corrected chi connectivity index (χ2v) is 4.24. The number of nitrogens with one attached hydrogen (secondary N) is 1. The monoisotopic (exact) mass is 226 g/mol. The van der Waals surface area contributed by atoms with E-state index >= 15 is 0 Å². The predicted octanol–water partition coefficient (Wildman–Crippen LogP) is 0.788. The lowest BCUT2D eigenvalue weighted by Crippen LogP contribution is -2.24. The Hall–Kier alpha value is -1.42. The van der Waals surface area contributed by atoms with Crippen LogP contribution in [0.3, 0.4) is 0 Å². The van der Waals surface area contributed by atoms with E-state index in [0.29, 0.717) is 0 Å². The van der Waals surface area contributed by atoms with Crippen LogP contribution in [0.4, 0.5) is 0 Å². The van der Waals surface area contributed by atoms with Gasteiger partial charge in [-0.3, -0.25) is 4.84 Å². The van der Waals surface area contributed by atoms with E-state index in [0.717, 1.165) is 0 Å². The summed E-state index contributed by atoms with van der Waals surface area (Å²) in [5.41, 5.74) is 0.0877. The SMILES string of the molecule is CCONS(=O)(=O)c1ccccc1C#N. The second kappa shape index (κ2) is 4.89. The van der Waals surface area contributed by atoms with Crippen LogP contribution in [0, 0.1) is 11.3 Å². The smallest absolute Gasteiger partial charge is 0.263 e. The fourth-order valence-electron chi connectivity index (χ4n) is 0.975. The molecule has 0 unspecified atom stereocenters. The summed E-state index contributed by atoms with van der Waals surface area (Å²) in [5.74, 6) is 0. The molecular formula is C9H10N2O3S. The van der Waals surface area contributed by atoms with Crippen LogP contribution < -0.4 is 4.89 Å². The van der Waals surface area contributed by atoms with Crippen molar-refractivity contribution in [2.45, 2.75) is 11.8 Å². The lowest BCUT2D eigenvalue weighted by molar-refractivity contribution is 0.105. The summed E-state index contributed by atoms with van der Waals surface area (Å²) >= 11 is 0. The lowest BCUT2D eigenvalue weighted by atomic mass is 10.2. The summed E-state index contributed by atoms with van der Waals surface area (Å²) < 4.78 is 23.2. The van der Waals surface area contributed by atoms with Crippen LogP contribution in [0.5, 0.6) is 0 Å². The summed E-state index contributed by atoms with van der Waals surface area (Å²) in [5, 5.41) is 8.72. The average molecular weight is 226 g/mol. The molecule has 0 aliphatic rings. The molecule has 15 heavy (non-hydrogen) atoms. The van der Waals surface area contributed by atoms with Crippen LogP contribution in [-0.4, -0.2) is 15.0 Å². The van der Waals surface area contributed by atoms with Gasteiger partial charge in [0.1, 0.15) is 11.0 Å². The number of hydrogen-bond acceptors (Lipinski definition) is 4. The van der Waals surface area contributed by atoms with E-state index < -0.39 is 10.0 Å². The predicted molar refractivity (Wildman–Crippen MR) is 53.1 cm³/mol. The number of nitriles is 1. The van der Waals surface area contributed by atoms with Crippen molar-refractivity contribution in [3.8, 4) is 6.07 Å². The van der Waals surface area contributed by atoms with Crippen LogP contribution >= 0.6 is 0 Å². The highest BCUT2D eigenvalue weighted by atomic mass is 32.2. The molecule has 0 amide bonds. The van der Waals surface area contributed by atoms with Gasteiger partial charge in [0.05, 0.1) is 12.2 Å². The zero-order chi connectivity index (χ0) is 11.3. The first-order valence-corrected chi connectivity index (χ1v) is 5.73. The Morgan fingerprint density at radius 2 is 2.13 bits per heavy atom. The Bertz CT molecular complexity index is 476. The molecule has 0 spiro atoms. The van der Waals surface area contributed by atoms with E-state index in [1.807, 2.05) is 4.89 Å². The molecule has 0 bridgehead atoms. The van der Waals surface area contributed by atoms with E-state index in [4.69, 9.17) is 5.26 Å². The van der Waals surface area contributed by atoms with Gasteiger partial charge in [0.25, 0.3) is 10.0 Å². The zero-order valence-electron chi connectivity index (χ0n) is 8.10. The molecule has 5 nitrogen and oxygen atoms in total. The van der Waals surface area contributed by atoms with Crippen molar-refractivity contribution in [2.24, 2.45) is 0 Å². The fourth-order valence-corrected chi connectivity index (χ4v) is 2.00. The highest BCUT2D eigenvalue weighted by Gasteiger charge is 2.17. The number of hydrogen-bond donors (Lipinski definition) is 1. The molecule has 0 aliphatic carbocycles. The van der Waals surface area contributed by atoms with E-state index in [2.05, 4.69) is 4.84 Å². The molecule has 0 heterocycles. The molecule has 1 aromatic carbocycles. The third-order valence-electron chi connectivity index (χ3n) is 1.61. The number of rotatable bonds is 4. The Morgan fingerprint density at radius 3 is 2.73 bits per heavy atom. The minimum absolute atomic E-state index is 0.0825.